The van der Waals surface area contributed by atoms with E-state index in [0.717, 1.165) is 53.3 Å². The van der Waals surface area contributed by atoms with Crippen LogP contribution in [0.3, 0.4) is 0 Å². The van der Waals surface area contributed by atoms with Gasteiger partial charge in [-0.3, -0.25) is 0 Å². The molecule has 0 amide bonds. The van der Waals surface area contributed by atoms with Gasteiger partial charge in [0.2, 0.25) is 5.95 Å². The fourth-order valence-electron chi connectivity index (χ4n) is 2.40. The minimum atomic E-state index is 0.743. The molecule has 1 saturated carbocycles. The molecule has 2 N–H and O–H groups in total. The van der Waals surface area contributed by atoms with Gasteiger partial charge in [-0.2, -0.15) is 4.98 Å². The molecule has 4 nitrogen and oxygen atoms in total. The van der Waals surface area contributed by atoms with Crippen molar-refractivity contribution in [2.75, 3.05) is 23.7 Å². The van der Waals surface area contributed by atoms with Gasteiger partial charge in [-0.05, 0) is 37.7 Å². The van der Waals surface area contributed by atoms with Crippen molar-refractivity contribution in [3.8, 4) is 0 Å². The number of aromatic nitrogens is 2. The number of hydrogen-bond acceptors (Lipinski definition) is 5. The standard InChI is InChI=1S/C15H22N4S/c1-4-5-16-15-18-13(17-8-11-6-9(11)2)12-7-10(3)20-14(12)19-15/h7,9,11H,4-6,8H2,1-3H3,(H2,16,17,18,19). The van der Waals surface area contributed by atoms with Gasteiger partial charge in [0.15, 0.2) is 0 Å². The zero-order chi connectivity index (χ0) is 14.1. The van der Waals surface area contributed by atoms with Crippen LogP contribution >= 0.6 is 11.3 Å². The summed E-state index contributed by atoms with van der Waals surface area (Å²) < 4.78 is 0. The molecule has 0 bridgehead atoms. The third kappa shape index (κ3) is 2.87. The first-order chi connectivity index (χ1) is 9.67. The largest absolute Gasteiger partial charge is 0.369 e. The maximum atomic E-state index is 4.65. The van der Waals surface area contributed by atoms with E-state index in [1.54, 1.807) is 11.3 Å². The van der Waals surface area contributed by atoms with E-state index in [1.165, 1.54) is 11.3 Å². The summed E-state index contributed by atoms with van der Waals surface area (Å²) in [6.45, 7) is 8.52. The zero-order valence-corrected chi connectivity index (χ0v) is 13.2. The van der Waals surface area contributed by atoms with Gasteiger partial charge in [0, 0.05) is 18.0 Å². The molecule has 0 saturated heterocycles. The maximum Gasteiger partial charge on any atom is 0.226 e. The van der Waals surface area contributed by atoms with Gasteiger partial charge in [-0.25, -0.2) is 4.98 Å². The molecule has 0 aliphatic heterocycles. The molecular formula is C15H22N4S. The molecule has 108 valence electrons. The summed E-state index contributed by atoms with van der Waals surface area (Å²) in [6, 6.07) is 2.18. The van der Waals surface area contributed by atoms with Gasteiger partial charge < -0.3 is 10.6 Å². The molecule has 5 heteroatoms. The lowest BCUT2D eigenvalue weighted by atomic mass is 10.3. The highest BCUT2D eigenvalue weighted by atomic mass is 32.1. The average Bonchev–Trinajstić information content (AvgIpc) is 2.99. The monoisotopic (exact) mass is 290 g/mol. The van der Waals surface area contributed by atoms with Crippen LogP contribution in [0.15, 0.2) is 6.07 Å². The average molecular weight is 290 g/mol. The number of rotatable bonds is 6. The number of nitrogens with one attached hydrogen (secondary N) is 2. The third-order valence-corrected chi connectivity index (χ3v) is 4.80. The van der Waals surface area contributed by atoms with Crippen molar-refractivity contribution in [1.29, 1.82) is 0 Å². The Hall–Kier alpha value is -1.36. The molecular weight excluding hydrogens is 268 g/mol. The van der Waals surface area contributed by atoms with E-state index in [0.29, 0.717) is 0 Å². The van der Waals surface area contributed by atoms with E-state index >= 15 is 0 Å². The Labute approximate surface area is 124 Å². The van der Waals surface area contributed by atoms with Crippen LogP contribution in [-0.2, 0) is 0 Å². The summed E-state index contributed by atoms with van der Waals surface area (Å²) in [4.78, 5) is 11.6. The lowest BCUT2D eigenvalue weighted by molar-refractivity contribution is 0.785. The summed E-state index contributed by atoms with van der Waals surface area (Å²) in [5, 5.41) is 7.97. The Bertz CT molecular complexity index is 607. The SMILES string of the molecule is CCCNc1nc(NCC2CC2C)c2cc(C)sc2n1. The molecule has 0 aromatic carbocycles. The molecule has 1 fully saturated rings. The highest BCUT2D eigenvalue weighted by Gasteiger charge is 2.32. The van der Waals surface area contributed by atoms with Crippen LogP contribution in [0, 0.1) is 18.8 Å². The Morgan fingerprint density at radius 3 is 2.85 bits per heavy atom. The van der Waals surface area contributed by atoms with E-state index < -0.39 is 0 Å². The number of hydrogen-bond donors (Lipinski definition) is 2. The van der Waals surface area contributed by atoms with E-state index in [2.05, 4.69) is 47.4 Å². The first kappa shape index (κ1) is 13.6. The zero-order valence-electron chi connectivity index (χ0n) is 12.4. The Kier molecular flexibility index (Phi) is 3.78. The summed E-state index contributed by atoms with van der Waals surface area (Å²) in [6.07, 6.45) is 2.41. The first-order valence-corrected chi connectivity index (χ1v) is 8.25. The van der Waals surface area contributed by atoms with Gasteiger partial charge in [-0.1, -0.05) is 13.8 Å². The lowest BCUT2D eigenvalue weighted by Gasteiger charge is -2.09. The van der Waals surface area contributed by atoms with Crippen LogP contribution in [0.1, 0.15) is 31.6 Å². The third-order valence-electron chi connectivity index (χ3n) is 3.86. The maximum absolute atomic E-state index is 4.65. The van der Waals surface area contributed by atoms with Crippen LogP contribution < -0.4 is 10.6 Å². The fourth-order valence-corrected chi connectivity index (χ4v) is 3.28. The number of nitrogens with zero attached hydrogens (tertiary/aromatic N) is 2. The fraction of sp³-hybridized carbons (Fsp3) is 0.600. The summed E-state index contributed by atoms with van der Waals surface area (Å²) in [5.74, 6) is 3.40. The van der Waals surface area contributed by atoms with Gasteiger partial charge in [0.05, 0.1) is 5.39 Å². The highest BCUT2D eigenvalue weighted by molar-refractivity contribution is 7.18. The Balaban J connectivity index is 1.85. The summed E-state index contributed by atoms with van der Waals surface area (Å²) in [5.41, 5.74) is 0. The summed E-state index contributed by atoms with van der Waals surface area (Å²) in [7, 11) is 0. The molecule has 1 aliphatic rings. The number of anilines is 2. The van der Waals surface area contributed by atoms with Gasteiger partial charge in [-0.15, -0.1) is 11.3 Å². The van der Waals surface area contributed by atoms with Crippen LogP contribution in [0.5, 0.6) is 0 Å². The minimum Gasteiger partial charge on any atom is -0.369 e. The van der Waals surface area contributed by atoms with E-state index in [4.69, 9.17) is 0 Å². The highest BCUT2D eigenvalue weighted by Crippen LogP contribution is 2.38. The van der Waals surface area contributed by atoms with Crippen molar-refractivity contribution in [2.45, 2.75) is 33.6 Å². The number of fused-ring (bicyclic) bond motifs is 1. The van der Waals surface area contributed by atoms with Crippen LogP contribution in [-0.4, -0.2) is 23.1 Å². The second-order valence-corrected chi connectivity index (χ2v) is 6.99. The van der Waals surface area contributed by atoms with Crippen molar-refractivity contribution in [1.82, 2.24) is 9.97 Å². The van der Waals surface area contributed by atoms with Crippen LogP contribution in [0.4, 0.5) is 11.8 Å². The predicted octanol–water partition coefficient (Wildman–Crippen LogP) is 3.89. The Morgan fingerprint density at radius 1 is 1.35 bits per heavy atom. The van der Waals surface area contributed by atoms with Crippen LogP contribution in [0.2, 0.25) is 0 Å². The molecule has 2 aromatic heterocycles. The molecule has 3 rings (SSSR count). The minimum absolute atomic E-state index is 0.743. The second-order valence-electron chi connectivity index (χ2n) is 5.75. The molecule has 2 atom stereocenters. The molecule has 2 unspecified atom stereocenters. The molecule has 0 spiro atoms. The smallest absolute Gasteiger partial charge is 0.226 e. The topological polar surface area (TPSA) is 49.8 Å². The number of aryl methyl sites for hydroxylation is 1. The summed E-state index contributed by atoms with van der Waals surface area (Å²) >= 11 is 1.73. The van der Waals surface area contributed by atoms with Gasteiger partial charge >= 0.3 is 0 Å². The van der Waals surface area contributed by atoms with E-state index in [9.17, 15) is 0 Å². The number of thiophene rings is 1. The molecule has 2 aromatic rings. The van der Waals surface area contributed by atoms with Crippen LogP contribution in [0.25, 0.3) is 10.2 Å². The molecule has 2 heterocycles. The van der Waals surface area contributed by atoms with Crippen molar-refractivity contribution >= 4 is 33.3 Å². The van der Waals surface area contributed by atoms with E-state index in [-0.39, 0.29) is 0 Å². The van der Waals surface area contributed by atoms with Crippen molar-refractivity contribution in [3.05, 3.63) is 10.9 Å². The van der Waals surface area contributed by atoms with Gasteiger partial charge in [0.1, 0.15) is 10.6 Å². The second kappa shape index (κ2) is 5.56. The molecule has 0 radical (unpaired) electrons. The van der Waals surface area contributed by atoms with Crippen molar-refractivity contribution < 1.29 is 0 Å². The Morgan fingerprint density at radius 2 is 2.15 bits per heavy atom. The van der Waals surface area contributed by atoms with Gasteiger partial charge in [0.25, 0.3) is 0 Å². The van der Waals surface area contributed by atoms with Crippen molar-refractivity contribution in [2.24, 2.45) is 11.8 Å². The lowest BCUT2D eigenvalue weighted by Crippen LogP contribution is -2.10. The molecule has 20 heavy (non-hydrogen) atoms. The normalized spacial score (nSPS) is 21.1. The van der Waals surface area contributed by atoms with Crippen molar-refractivity contribution in [3.63, 3.8) is 0 Å². The molecule has 1 aliphatic carbocycles. The quantitative estimate of drug-likeness (QED) is 0.847. The first-order valence-electron chi connectivity index (χ1n) is 7.43. The van der Waals surface area contributed by atoms with E-state index in [1.807, 2.05) is 0 Å². The predicted molar refractivity (Wildman–Crippen MR) is 86.7 cm³/mol.